The molecule has 0 atom stereocenters. The van der Waals surface area contributed by atoms with E-state index in [0.29, 0.717) is 16.9 Å². The molecule has 1 N–H and O–H groups in total. The molecule has 1 heterocycles. The summed E-state index contributed by atoms with van der Waals surface area (Å²) in [6, 6.07) is 7.32. The summed E-state index contributed by atoms with van der Waals surface area (Å²) in [4.78, 5) is 39.1. The van der Waals surface area contributed by atoms with Crippen LogP contribution in [-0.2, 0) is 0 Å². The largest absolute Gasteiger partial charge is 0.507 e. The second kappa shape index (κ2) is 6.71. The SMILES string of the molecule is CC=CC=C(C)c1cc(=O)c2c(C)cc3c(c2o1)C(=O)c1c(O)cccc1C3=O. The molecule has 4 rings (SSSR count). The first-order chi connectivity index (χ1) is 13.8. The molecule has 0 saturated carbocycles. The van der Waals surface area contributed by atoms with Crippen molar-refractivity contribution < 1.29 is 19.1 Å². The molecule has 144 valence electrons. The predicted molar refractivity (Wildman–Crippen MR) is 111 cm³/mol. The first-order valence-electron chi connectivity index (χ1n) is 9.18. The standard InChI is InChI=1S/C24H18O5/c1-4-5-7-12(2)18-11-17(26)19-13(3)10-15-21(24(19)29-18)23(28)20-14(22(15)27)8-6-9-16(20)25/h4-11,25H,1-3H3. The second-order valence-electron chi connectivity index (χ2n) is 7.03. The third-order valence-corrected chi connectivity index (χ3v) is 5.11. The number of ketones is 2. The summed E-state index contributed by atoms with van der Waals surface area (Å²) in [6.45, 7) is 5.37. The van der Waals surface area contributed by atoms with Gasteiger partial charge in [0.15, 0.2) is 16.8 Å². The number of fused-ring (bicyclic) bond motifs is 4. The van der Waals surface area contributed by atoms with Crippen LogP contribution in [0.4, 0.5) is 0 Å². The van der Waals surface area contributed by atoms with Crippen LogP contribution in [0.5, 0.6) is 5.75 Å². The second-order valence-corrected chi connectivity index (χ2v) is 7.03. The van der Waals surface area contributed by atoms with Crippen molar-refractivity contribution in [2.24, 2.45) is 0 Å². The summed E-state index contributed by atoms with van der Waals surface area (Å²) >= 11 is 0. The van der Waals surface area contributed by atoms with Crippen molar-refractivity contribution in [3.05, 3.63) is 92.4 Å². The third kappa shape index (κ3) is 2.74. The number of hydrogen-bond acceptors (Lipinski definition) is 5. The quantitative estimate of drug-likeness (QED) is 0.511. The highest BCUT2D eigenvalue weighted by atomic mass is 16.3. The molecule has 1 aliphatic carbocycles. The number of carbonyl (C=O) groups is 2. The van der Waals surface area contributed by atoms with Gasteiger partial charge in [0.05, 0.1) is 16.5 Å². The van der Waals surface area contributed by atoms with E-state index in [1.54, 1.807) is 26.0 Å². The summed E-state index contributed by atoms with van der Waals surface area (Å²) < 4.78 is 6.00. The fraction of sp³-hybridized carbons (Fsp3) is 0.125. The molecule has 0 radical (unpaired) electrons. The molecule has 1 aromatic heterocycles. The van der Waals surface area contributed by atoms with Gasteiger partial charge in [0, 0.05) is 17.2 Å². The van der Waals surface area contributed by atoms with Gasteiger partial charge >= 0.3 is 0 Å². The Morgan fingerprint density at radius 1 is 1.03 bits per heavy atom. The zero-order valence-electron chi connectivity index (χ0n) is 16.2. The fourth-order valence-electron chi connectivity index (χ4n) is 3.69. The summed E-state index contributed by atoms with van der Waals surface area (Å²) in [7, 11) is 0. The monoisotopic (exact) mass is 386 g/mol. The Bertz CT molecular complexity index is 1340. The Morgan fingerprint density at radius 2 is 1.79 bits per heavy atom. The van der Waals surface area contributed by atoms with Crippen LogP contribution in [-0.4, -0.2) is 16.7 Å². The van der Waals surface area contributed by atoms with Gasteiger partial charge in [-0.25, -0.2) is 0 Å². The van der Waals surface area contributed by atoms with Crippen molar-refractivity contribution >= 4 is 28.1 Å². The number of aryl methyl sites for hydroxylation is 1. The molecule has 5 heteroatoms. The van der Waals surface area contributed by atoms with Crippen LogP contribution < -0.4 is 5.43 Å². The molecule has 0 bridgehead atoms. The maximum Gasteiger partial charge on any atom is 0.202 e. The van der Waals surface area contributed by atoms with Crippen molar-refractivity contribution in [1.82, 2.24) is 0 Å². The number of phenols is 1. The van der Waals surface area contributed by atoms with Gasteiger partial charge in [-0.3, -0.25) is 14.4 Å². The van der Waals surface area contributed by atoms with Gasteiger partial charge in [-0.05, 0) is 44.0 Å². The molecule has 29 heavy (non-hydrogen) atoms. The lowest BCUT2D eigenvalue weighted by atomic mass is 9.81. The van der Waals surface area contributed by atoms with Gasteiger partial charge < -0.3 is 9.52 Å². The molecule has 0 saturated heterocycles. The summed E-state index contributed by atoms with van der Waals surface area (Å²) in [5.74, 6) is -0.877. The predicted octanol–water partition coefficient (Wildman–Crippen LogP) is 4.56. The van der Waals surface area contributed by atoms with Gasteiger partial charge in [0.2, 0.25) is 5.78 Å². The summed E-state index contributed by atoms with van der Waals surface area (Å²) in [5, 5.41) is 10.5. The van der Waals surface area contributed by atoms with E-state index < -0.39 is 5.78 Å². The Labute approximate surface area is 166 Å². The first-order valence-corrected chi connectivity index (χ1v) is 9.18. The lowest BCUT2D eigenvalue weighted by molar-refractivity contribution is 0.0977. The minimum absolute atomic E-state index is 0.0161. The van der Waals surface area contributed by atoms with Gasteiger partial charge in [0.25, 0.3) is 0 Å². The zero-order valence-corrected chi connectivity index (χ0v) is 16.2. The van der Waals surface area contributed by atoms with Crippen LogP contribution in [0.1, 0.15) is 57.0 Å². The Morgan fingerprint density at radius 3 is 2.52 bits per heavy atom. The van der Waals surface area contributed by atoms with E-state index in [0.717, 1.165) is 0 Å². The fourth-order valence-corrected chi connectivity index (χ4v) is 3.69. The highest BCUT2D eigenvalue weighted by Crippen LogP contribution is 2.37. The van der Waals surface area contributed by atoms with E-state index >= 15 is 0 Å². The molecule has 5 nitrogen and oxygen atoms in total. The van der Waals surface area contributed by atoms with Gasteiger partial charge in [-0.15, -0.1) is 0 Å². The number of rotatable bonds is 2. The topological polar surface area (TPSA) is 84.6 Å². The summed E-state index contributed by atoms with van der Waals surface area (Å²) in [5.41, 5.74) is 1.30. The van der Waals surface area contributed by atoms with E-state index in [2.05, 4.69) is 0 Å². The maximum absolute atomic E-state index is 13.3. The van der Waals surface area contributed by atoms with Crippen LogP contribution in [0.2, 0.25) is 0 Å². The molecular weight excluding hydrogens is 368 g/mol. The molecule has 1 aliphatic rings. The van der Waals surface area contributed by atoms with E-state index in [-0.39, 0.29) is 50.2 Å². The normalized spacial score (nSPS) is 13.8. The molecule has 0 amide bonds. The highest BCUT2D eigenvalue weighted by Gasteiger charge is 2.35. The number of benzene rings is 2. The lowest BCUT2D eigenvalue weighted by Gasteiger charge is -2.20. The highest BCUT2D eigenvalue weighted by molar-refractivity contribution is 6.32. The number of aromatic hydroxyl groups is 1. The van der Waals surface area contributed by atoms with E-state index in [4.69, 9.17) is 4.42 Å². The zero-order chi connectivity index (χ0) is 20.9. The Hall–Kier alpha value is -3.73. The van der Waals surface area contributed by atoms with Crippen molar-refractivity contribution in [3.63, 3.8) is 0 Å². The van der Waals surface area contributed by atoms with E-state index in [9.17, 15) is 19.5 Å². The van der Waals surface area contributed by atoms with Crippen molar-refractivity contribution in [1.29, 1.82) is 0 Å². The van der Waals surface area contributed by atoms with Crippen molar-refractivity contribution in [3.8, 4) is 5.75 Å². The number of allylic oxidation sites excluding steroid dienone is 4. The van der Waals surface area contributed by atoms with Crippen LogP contribution >= 0.6 is 0 Å². The van der Waals surface area contributed by atoms with Crippen LogP contribution in [0.15, 0.2) is 57.8 Å². The minimum atomic E-state index is -0.534. The van der Waals surface area contributed by atoms with Gasteiger partial charge in [-0.1, -0.05) is 30.4 Å². The molecule has 0 aliphatic heterocycles. The van der Waals surface area contributed by atoms with Gasteiger partial charge in [-0.2, -0.15) is 0 Å². The molecule has 0 fully saturated rings. The lowest BCUT2D eigenvalue weighted by Crippen LogP contribution is -2.22. The third-order valence-electron chi connectivity index (χ3n) is 5.11. The number of carbonyl (C=O) groups excluding carboxylic acids is 2. The smallest absolute Gasteiger partial charge is 0.202 e. The van der Waals surface area contributed by atoms with E-state index in [1.807, 2.05) is 19.1 Å². The molecular formula is C24H18O5. The molecule has 2 aromatic carbocycles. The van der Waals surface area contributed by atoms with Crippen molar-refractivity contribution in [2.75, 3.05) is 0 Å². The minimum Gasteiger partial charge on any atom is -0.507 e. The van der Waals surface area contributed by atoms with Crippen LogP contribution in [0, 0.1) is 6.92 Å². The summed E-state index contributed by atoms with van der Waals surface area (Å²) in [6.07, 6.45) is 5.45. The van der Waals surface area contributed by atoms with E-state index in [1.165, 1.54) is 24.3 Å². The first kappa shape index (κ1) is 18.6. The molecule has 0 spiro atoms. The number of hydrogen-bond donors (Lipinski definition) is 1. The van der Waals surface area contributed by atoms with Gasteiger partial charge in [0.1, 0.15) is 11.5 Å². The molecule has 0 unspecified atom stereocenters. The Balaban J connectivity index is 2.12. The maximum atomic E-state index is 13.3. The van der Waals surface area contributed by atoms with Crippen LogP contribution in [0.25, 0.3) is 16.5 Å². The van der Waals surface area contributed by atoms with Crippen molar-refractivity contribution in [2.45, 2.75) is 20.8 Å². The number of phenolic OH excluding ortho intramolecular Hbond substituents is 1. The molecule has 3 aromatic rings. The average Bonchev–Trinajstić information content (AvgIpc) is 2.69. The Kier molecular flexibility index (Phi) is 4.31. The van der Waals surface area contributed by atoms with Crippen LogP contribution in [0.3, 0.4) is 0 Å². The average molecular weight is 386 g/mol.